The van der Waals surface area contributed by atoms with Gasteiger partial charge < -0.3 is 4.74 Å². The van der Waals surface area contributed by atoms with Gasteiger partial charge in [-0.3, -0.25) is 9.69 Å². The third-order valence-corrected chi connectivity index (χ3v) is 2.96. The Bertz CT molecular complexity index is 389. The summed E-state index contributed by atoms with van der Waals surface area (Å²) in [7, 11) is 0. The summed E-state index contributed by atoms with van der Waals surface area (Å²) in [6, 6.07) is 4.25. The van der Waals surface area contributed by atoms with E-state index in [-0.39, 0.29) is 5.75 Å². The van der Waals surface area contributed by atoms with Crippen LogP contribution in [-0.2, 0) is 0 Å². The molecule has 0 unspecified atom stereocenters. The average molecular weight is 237 g/mol. The summed E-state index contributed by atoms with van der Waals surface area (Å²) in [5.74, 6) is -0.259. The fraction of sp³-hybridized carbons (Fsp3) is 0.462. The zero-order chi connectivity index (χ0) is 12.1. The summed E-state index contributed by atoms with van der Waals surface area (Å²) in [6.45, 7) is 3.53. The Balaban J connectivity index is 1.83. The van der Waals surface area contributed by atoms with E-state index in [1.165, 1.54) is 25.0 Å². The van der Waals surface area contributed by atoms with Crippen LogP contribution in [0.4, 0.5) is 4.39 Å². The number of hydrogen-bond acceptors (Lipinski definition) is 3. The fourth-order valence-electron chi connectivity index (χ4n) is 2.00. The van der Waals surface area contributed by atoms with Gasteiger partial charge in [-0.05, 0) is 44.1 Å². The highest BCUT2D eigenvalue weighted by Gasteiger charge is 2.11. The van der Waals surface area contributed by atoms with Crippen LogP contribution in [-0.4, -0.2) is 37.4 Å². The lowest BCUT2D eigenvalue weighted by atomic mass is 10.2. The minimum Gasteiger partial charge on any atom is -0.489 e. The standard InChI is InChI=1S/C13H16FNO2/c14-12-9-11(10-16)3-4-13(12)17-8-7-15-5-1-2-6-15/h3-4,9-10H,1-2,5-8H2. The van der Waals surface area contributed by atoms with Gasteiger partial charge in [-0.15, -0.1) is 0 Å². The quantitative estimate of drug-likeness (QED) is 0.735. The van der Waals surface area contributed by atoms with Crippen LogP contribution in [0, 0.1) is 5.82 Å². The molecule has 0 aliphatic carbocycles. The minimum atomic E-state index is -0.476. The molecule has 1 saturated heterocycles. The van der Waals surface area contributed by atoms with Crippen LogP contribution in [0.1, 0.15) is 23.2 Å². The number of carbonyl (C=O) groups is 1. The first-order chi connectivity index (χ1) is 8.29. The molecule has 1 heterocycles. The molecule has 0 N–H and O–H groups in total. The second kappa shape index (κ2) is 5.77. The molecule has 0 atom stereocenters. The van der Waals surface area contributed by atoms with Crippen LogP contribution in [0.2, 0.25) is 0 Å². The SMILES string of the molecule is O=Cc1ccc(OCCN2CCCC2)c(F)c1. The van der Waals surface area contributed by atoms with Gasteiger partial charge in [0.15, 0.2) is 11.6 Å². The Morgan fingerprint density at radius 3 is 2.76 bits per heavy atom. The van der Waals surface area contributed by atoms with Crippen molar-refractivity contribution in [2.45, 2.75) is 12.8 Å². The number of halogens is 1. The molecule has 1 aliphatic heterocycles. The van der Waals surface area contributed by atoms with Crippen molar-refractivity contribution in [2.24, 2.45) is 0 Å². The highest BCUT2D eigenvalue weighted by molar-refractivity contribution is 5.74. The van der Waals surface area contributed by atoms with Gasteiger partial charge in [-0.2, -0.15) is 0 Å². The second-order valence-corrected chi connectivity index (χ2v) is 4.20. The average Bonchev–Trinajstić information content (AvgIpc) is 2.84. The van der Waals surface area contributed by atoms with Crippen molar-refractivity contribution in [3.63, 3.8) is 0 Å². The van der Waals surface area contributed by atoms with Crippen molar-refractivity contribution in [1.82, 2.24) is 4.90 Å². The van der Waals surface area contributed by atoms with Crippen molar-refractivity contribution in [2.75, 3.05) is 26.2 Å². The maximum Gasteiger partial charge on any atom is 0.165 e. The fourth-order valence-corrected chi connectivity index (χ4v) is 2.00. The van der Waals surface area contributed by atoms with E-state index < -0.39 is 5.82 Å². The molecule has 3 nitrogen and oxygen atoms in total. The van der Waals surface area contributed by atoms with Crippen molar-refractivity contribution < 1.29 is 13.9 Å². The number of aldehydes is 1. The third-order valence-electron chi connectivity index (χ3n) is 2.96. The van der Waals surface area contributed by atoms with E-state index in [1.807, 2.05) is 0 Å². The van der Waals surface area contributed by atoms with Gasteiger partial charge in [0.1, 0.15) is 12.9 Å². The van der Waals surface area contributed by atoms with Gasteiger partial charge in [0.2, 0.25) is 0 Å². The summed E-state index contributed by atoms with van der Waals surface area (Å²) >= 11 is 0. The first kappa shape index (κ1) is 12.0. The molecule has 0 radical (unpaired) electrons. The van der Waals surface area contributed by atoms with E-state index in [0.29, 0.717) is 18.5 Å². The maximum atomic E-state index is 13.4. The van der Waals surface area contributed by atoms with E-state index in [4.69, 9.17) is 4.74 Å². The van der Waals surface area contributed by atoms with Crippen molar-refractivity contribution >= 4 is 6.29 Å². The Labute approximate surface area is 100 Å². The number of benzene rings is 1. The smallest absolute Gasteiger partial charge is 0.165 e. The molecule has 2 rings (SSSR count). The van der Waals surface area contributed by atoms with Crippen LogP contribution in [0.15, 0.2) is 18.2 Å². The van der Waals surface area contributed by atoms with Gasteiger partial charge in [0, 0.05) is 12.1 Å². The molecule has 0 bridgehead atoms. The molecule has 92 valence electrons. The van der Waals surface area contributed by atoms with E-state index in [0.717, 1.165) is 19.6 Å². The molecule has 1 aliphatic rings. The highest BCUT2D eigenvalue weighted by Crippen LogP contribution is 2.17. The second-order valence-electron chi connectivity index (χ2n) is 4.20. The van der Waals surface area contributed by atoms with Crippen molar-refractivity contribution in [3.8, 4) is 5.75 Å². The van der Waals surface area contributed by atoms with E-state index in [2.05, 4.69) is 4.90 Å². The topological polar surface area (TPSA) is 29.5 Å². The molecular formula is C13H16FNO2. The lowest BCUT2D eigenvalue weighted by Crippen LogP contribution is -2.25. The van der Waals surface area contributed by atoms with Crippen LogP contribution in [0.5, 0.6) is 5.75 Å². The van der Waals surface area contributed by atoms with Gasteiger partial charge in [-0.1, -0.05) is 0 Å². The molecule has 1 fully saturated rings. The summed E-state index contributed by atoms with van der Waals surface area (Å²) in [6.07, 6.45) is 3.10. The zero-order valence-corrected chi connectivity index (χ0v) is 9.69. The lowest BCUT2D eigenvalue weighted by Gasteiger charge is -2.15. The largest absolute Gasteiger partial charge is 0.489 e. The number of ether oxygens (including phenoxy) is 1. The first-order valence-corrected chi connectivity index (χ1v) is 5.89. The molecule has 0 spiro atoms. The predicted molar refractivity (Wildman–Crippen MR) is 63.0 cm³/mol. The molecule has 1 aromatic rings. The van der Waals surface area contributed by atoms with E-state index >= 15 is 0 Å². The molecule has 17 heavy (non-hydrogen) atoms. The Morgan fingerprint density at radius 1 is 1.35 bits per heavy atom. The first-order valence-electron chi connectivity index (χ1n) is 5.89. The molecule has 1 aromatic carbocycles. The Hall–Kier alpha value is -1.42. The van der Waals surface area contributed by atoms with Gasteiger partial charge in [-0.25, -0.2) is 4.39 Å². The number of nitrogens with zero attached hydrogens (tertiary/aromatic N) is 1. The molecular weight excluding hydrogens is 221 g/mol. The number of rotatable bonds is 5. The summed E-state index contributed by atoms with van der Waals surface area (Å²) in [5.41, 5.74) is 0.328. The molecule has 0 amide bonds. The zero-order valence-electron chi connectivity index (χ0n) is 9.69. The maximum absolute atomic E-state index is 13.4. The summed E-state index contributed by atoms with van der Waals surface area (Å²) in [5, 5.41) is 0. The van der Waals surface area contributed by atoms with E-state index in [1.54, 1.807) is 6.07 Å². The Morgan fingerprint density at radius 2 is 2.12 bits per heavy atom. The van der Waals surface area contributed by atoms with Crippen molar-refractivity contribution in [1.29, 1.82) is 0 Å². The van der Waals surface area contributed by atoms with E-state index in [9.17, 15) is 9.18 Å². The van der Waals surface area contributed by atoms with Crippen LogP contribution in [0.3, 0.4) is 0 Å². The summed E-state index contributed by atoms with van der Waals surface area (Å²) < 4.78 is 18.8. The highest BCUT2D eigenvalue weighted by atomic mass is 19.1. The minimum absolute atomic E-state index is 0.217. The monoisotopic (exact) mass is 237 g/mol. The summed E-state index contributed by atoms with van der Waals surface area (Å²) in [4.78, 5) is 12.7. The third kappa shape index (κ3) is 3.27. The Kier molecular flexibility index (Phi) is 4.09. The van der Waals surface area contributed by atoms with Gasteiger partial charge in [0.25, 0.3) is 0 Å². The lowest BCUT2D eigenvalue weighted by molar-refractivity contribution is 0.112. The number of carbonyl (C=O) groups excluding carboxylic acids is 1. The molecule has 4 heteroatoms. The van der Waals surface area contributed by atoms with Crippen LogP contribution >= 0.6 is 0 Å². The number of likely N-dealkylation sites (tertiary alicyclic amines) is 1. The van der Waals surface area contributed by atoms with Gasteiger partial charge >= 0.3 is 0 Å². The molecule has 0 aromatic heterocycles. The number of hydrogen-bond donors (Lipinski definition) is 0. The normalized spacial score (nSPS) is 16.1. The van der Waals surface area contributed by atoms with Crippen LogP contribution < -0.4 is 4.74 Å². The molecule has 0 saturated carbocycles. The van der Waals surface area contributed by atoms with Gasteiger partial charge in [0.05, 0.1) is 0 Å². The predicted octanol–water partition coefficient (Wildman–Crippen LogP) is 2.11. The van der Waals surface area contributed by atoms with Crippen molar-refractivity contribution in [3.05, 3.63) is 29.6 Å². The van der Waals surface area contributed by atoms with Crippen LogP contribution in [0.25, 0.3) is 0 Å².